The summed E-state index contributed by atoms with van der Waals surface area (Å²) in [5, 5.41) is 10.7. The van der Waals surface area contributed by atoms with Crippen LogP contribution >= 0.6 is 34.0 Å². The zero-order valence-corrected chi connectivity index (χ0v) is 17.7. The number of aromatic nitrogens is 2. The van der Waals surface area contributed by atoms with Gasteiger partial charge in [-0.3, -0.25) is 9.59 Å². The Hall–Kier alpha value is -2.82. The van der Waals surface area contributed by atoms with Crippen LogP contribution in [0, 0.1) is 0 Å². The second-order valence-electron chi connectivity index (χ2n) is 6.06. The normalized spacial score (nSPS) is 10.8. The van der Waals surface area contributed by atoms with E-state index in [0.717, 1.165) is 20.5 Å². The monoisotopic (exact) mass is 444 g/mol. The SMILES string of the molecule is CC(=O)NCc1ccc(-c2csc(NC(=O)Cc3csc(-c4ccco4)n3)n2)s1. The van der Waals surface area contributed by atoms with Gasteiger partial charge in [-0.05, 0) is 24.3 Å². The zero-order valence-electron chi connectivity index (χ0n) is 15.3. The number of thiazole rings is 2. The van der Waals surface area contributed by atoms with Crippen molar-refractivity contribution in [3.63, 3.8) is 0 Å². The molecule has 0 aliphatic carbocycles. The van der Waals surface area contributed by atoms with Crippen molar-refractivity contribution in [3.05, 3.63) is 51.9 Å². The van der Waals surface area contributed by atoms with Crippen molar-refractivity contribution in [2.24, 2.45) is 0 Å². The summed E-state index contributed by atoms with van der Waals surface area (Å²) >= 11 is 4.38. The Morgan fingerprint density at radius 1 is 1.14 bits per heavy atom. The molecule has 10 heteroatoms. The number of nitrogens with zero attached hydrogens (tertiary/aromatic N) is 2. The Morgan fingerprint density at radius 2 is 2.03 bits per heavy atom. The standard InChI is InChI=1S/C19H16N4O3S3/c1-11(24)20-8-13-4-5-16(29-13)14-10-28-19(22-14)23-17(25)7-12-9-27-18(21-12)15-3-2-6-26-15/h2-6,9-10H,7-8H2,1H3,(H,20,24)(H,22,23,25). The molecule has 0 radical (unpaired) electrons. The molecule has 0 bridgehead atoms. The molecular formula is C19H16N4O3S3. The van der Waals surface area contributed by atoms with E-state index >= 15 is 0 Å². The van der Waals surface area contributed by atoms with Crippen molar-refractivity contribution < 1.29 is 14.0 Å². The highest BCUT2D eigenvalue weighted by Gasteiger charge is 2.13. The van der Waals surface area contributed by atoms with Gasteiger partial charge < -0.3 is 15.1 Å². The number of carbonyl (C=O) groups excluding carboxylic acids is 2. The molecule has 4 aromatic rings. The molecule has 0 aromatic carbocycles. The largest absolute Gasteiger partial charge is 0.462 e. The molecule has 4 heterocycles. The van der Waals surface area contributed by atoms with E-state index in [4.69, 9.17) is 4.42 Å². The van der Waals surface area contributed by atoms with Gasteiger partial charge in [-0.1, -0.05) is 0 Å². The number of nitrogens with one attached hydrogen (secondary N) is 2. The highest BCUT2D eigenvalue weighted by atomic mass is 32.1. The lowest BCUT2D eigenvalue weighted by Gasteiger charge is -1.99. The van der Waals surface area contributed by atoms with Gasteiger partial charge in [-0.2, -0.15) is 0 Å². The molecule has 0 fully saturated rings. The van der Waals surface area contributed by atoms with Crippen molar-refractivity contribution >= 4 is 51.0 Å². The fraction of sp³-hybridized carbons (Fsp3) is 0.158. The third-order valence-electron chi connectivity index (χ3n) is 3.80. The highest BCUT2D eigenvalue weighted by molar-refractivity contribution is 7.17. The molecule has 148 valence electrons. The molecule has 0 aliphatic heterocycles. The molecule has 0 spiro atoms. The minimum Gasteiger partial charge on any atom is -0.462 e. The fourth-order valence-electron chi connectivity index (χ4n) is 2.50. The van der Waals surface area contributed by atoms with E-state index in [2.05, 4.69) is 20.6 Å². The summed E-state index contributed by atoms with van der Waals surface area (Å²) in [6.45, 7) is 1.99. The Kier molecular flexibility index (Phi) is 5.84. The van der Waals surface area contributed by atoms with Crippen LogP contribution < -0.4 is 10.6 Å². The number of amides is 2. The van der Waals surface area contributed by atoms with Crippen LogP contribution in [-0.2, 0) is 22.6 Å². The number of rotatable bonds is 7. The van der Waals surface area contributed by atoms with Crippen LogP contribution in [0.5, 0.6) is 0 Å². The minimum absolute atomic E-state index is 0.0602. The second kappa shape index (κ2) is 8.68. The quantitative estimate of drug-likeness (QED) is 0.440. The summed E-state index contributed by atoms with van der Waals surface area (Å²) in [7, 11) is 0. The van der Waals surface area contributed by atoms with Crippen LogP contribution in [0.2, 0.25) is 0 Å². The van der Waals surface area contributed by atoms with Gasteiger partial charge in [-0.15, -0.1) is 34.0 Å². The first-order valence-corrected chi connectivity index (χ1v) is 11.2. The van der Waals surface area contributed by atoms with Gasteiger partial charge in [-0.25, -0.2) is 9.97 Å². The lowest BCUT2D eigenvalue weighted by atomic mass is 10.3. The van der Waals surface area contributed by atoms with Gasteiger partial charge in [0.2, 0.25) is 11.8 Å². The number of thiophene rings is 1. The zero-order chi connectivity index (χ0) is 20.2. The number of anilines is 1. The van der Waals surface area contributed by atoms with E-state index < -0.39 is 0 Å². The van der Waals surface area contributed by atoms with Gasteiger partial charge in [0.15, 0.2) is 15.9 Å². The molecular weight excluding hydrogens is 428 g/mol. The minimum atomic E-state index is -0.167. The highest BCUT2D eigenvalue weighted by Crippen LogP contribution is 2.31. The van der Waals surface area contributed by atoms with E-state index in [1.807, 2.05) is 29.0 Å². The van der Waals surface area contributed by atoms with Crippen molar-refractivity contribution in [2.75, 3.05) is 5.32 Å². The summed E-state index contributed by atoms with van der Waals surface area (Å²) in [6, 6.07) is 7.58. The van der Waals surface area contributed by atoms with E-state index in [9.17, 15) is 9.59 Å². The van der Waals surface area contributed by atoms with Crippen LogP contribution in [-0.4, -0.2) is 21.8 Å². The Morgan fingerprint density at radius 3 is 2.83 bits per heavy atom. The molecule has 0 aliphatic rings. The molecule has 4 rings (SSSR count). The average Bonchev–Trinajstić information content (AvgIpc) is 3.45. The van der Waals surface area contributed by atoms with E-state index in [0.29, 0.717) is 23.1 Å². The fourth-order valence-corrected chi connectivity index (χ4v) is 4.99. The lowest BCUT2D eigenvalue weighted by molar-refractivity contribution is -0.119. The van der Waals surface area contributed by atoms with Gasteiger partial charge in [0.1, 0.15) is 0 Å². The molecule has 0 saturated carbocycles. The van der Waals surface area contributed by atoms with Crippen LogP contribution in [0.3, 0.4) is 0 Å². The topological polar surface area (TPSA) is 97.1 Å². The van der Waals surface area contributed by atoms with E-state index in [1.165, 1.54) is 29.6 Å². The second-order valence-corrected chi connectivity index (χ2v) is 8.94. The smallest absolute Gasteiger partial charge is 0.232 e. The Labute approximate surface area is 178 Å². The molecule has 7 nitrogen and oxygen atoms in total. The van der Waals surface area contributed by atoms with Gasteiger partial charge in [0, 0.05) is 22.6 Å². The van der Waals surface area contributed by atoms with Gasteiger partial charge in [0.05, 0.1) is 35.5 Å². The third kappa shape index (κ3) is 4.97. The number of hydrogen-bond acceptors (Lipinski definition) is 8. The number of hydrogen-bond donors (Lipinski definition) is 2. The maximum atomic E-state index is 12.3. The molecule has 2 amide bonds. The first-order chi connectivity index (χ1) is 14.1. The van der Waals surface area contributed by atoms with Gasteiger partial charge in [0.25, 0.3) is 0 Å². The van der Waals surface area contributed by atoms with E-state index in [1.54, 1.807) is 23.7 Å². The lowest BCUT2D eigenvalue weighted by Crippen LogP contribution is -2.17. The molecule has 29 heavy (non-hydrogen) atoms. The van der Waals surface area contributed by atoms with Crippen LogP contribution in [0.15, 0.2) is 45.7 Å². The first-order valence-electron chi connectivity index (χ1n) is 8.64. The maximum Gasteiger partial charge on any atom is 0.232 e. The summed E-state index contributed by atoms with van der Waals surface area (Å²) < 4.78 is 5.33. The predicted octanol–water partition coefficient (Wildman–Crippen LogP) is 4.41. The van der Waals surface area contributed by atoms with Crippen molar-refractivity contribution in [1.82, 2.24) is 15.3 Å². The van der Waals surface area contributed by atoms with Gasteiger partial charge >= 0.3 is 0 Å². The summed E-state index contributed by atoms with van der Waals surface area (Å²) in [5.74, 6) is 0.467. The third-order valence-corrected chi connectivity index (χ3v) is 6.57. The van der Waals surface area contributed by atoms with Crippen molar-refractivity contribution in [3.8, 4) is 21.3 Å². The molecule has 0 atom stereocenters. The summed E-state index contributed by atoms with van der Waals surface area (Å²) in [6.07, 6.45) is 1.77. The predicted molar refractivity (Wildman–Crippen MR) is 115 cm³/mol. The summed E-state index contributed by atoms with van der Waals surface area (Å²) in [5.41, 5.74) is 1.50. The first kappa shape index (κ1) is 19.5. The summed E-state index contributed by atoms with van der Waals surface area (Å²) in [4.78, 5) is 34.3. The molecule has 0 unspecified atom stereocenters. The Bertz CT molecular complexity index is 1130. The van der Waals surface area contributed by atoms with E-state index in [-0.39, 0.29) is 18.2 Å². The van der Waals surface area contributed by atoms with Crippen molar-refractivity contribution in [1.29, 1.82) is 0 Å². The van der Waals surface area contributed by atoms with Crippen LogP contribution in [0.4, 0.5) is 5.13 Å². The Balaban J connectivity index is 1.35. The molecule has 0 saturated heterocycles. The molecule has 2 N–H and O–H groups in total. The maximum absolute atomic E-state index is 12.3. The number of furan rings is 1. The van der Waals surface area contributed by atoms with Crippen LogP contribution in [0.1, 0.15) is 17.5 Å². The number of carbonyl (C=O) groups is 2. The average molecular weight is 445 g/mol. The van der Waals surface area contributed by atoms with Crippen LogP contribution in [0.25, 0.3) is 21.3 Å². The van der Waals surface area contributed by atoms with Crippen molar-refractivity contribution in [2.45, 2.75) is 19.9 Å². The molecule has 4 aromatic heterocycles.